The topological polar surface area (TPSA) is 61.8 Å². The first-order valence-electron chi connectivity index (χ1n) is 22.8. The number of esters is 2. The summed E-state index contributed by atoms with van der Waals surface area (Å²) in [6, 6.07) is 0. The third-order valence-electron chi connectivity index (χ3n) is 9.07. The Morgan fingerprint density at radius 1 is 0.411 bits per heavy atom. The molecule has 0 bridgehead atoms. The van der Waals surface area contributed by atoms with E-state index >= 15 is 0 Å². The second-order valence-corrected chi connectivity index (χ2v) is 14.6. The van der Waals surface area contributed by atoms with Gasteiger partial charge in [-0.1, -0.05) is 176 Å². The summed E-state index contributed by atoms with van der Waals surface area (Å²) in [6.45, 7) is 7.36. The van der Waals surface area contributed by atoms with Crippen LogP contribution in [0.15, 0.2) is 97.2 Å². The van der Waals surface area contributed by atoms with E-state index in [9.17, 15) is 9.59 Å². The summed E-state index contributed by atoms with van der Waals surface area (Å²) in [5.74, 6) is -0.474. The van der Waals surface area contributed by atoms with Crippen molar-refractivity contribution in [2.45, 2.75) is 194 Å². The second kappa shape index (κ2) is 46.2. The minimum absolute atomic E-state index is 0.0397. The number of allylic oxidation sites excluding steroid dienone is 15. The van der Waals surface area contributed by atoms with E-state index in [1.807, 2.05) is 0 Å². The number of hydrogen-bond donors (Lipinski definition) is 0. The van der Waals surface area contributed by atoms with Gasteiger partial charge in [0.1, 0.15) is 6.61 Å². The summed E-state index contributed by atoms with van der Waals surface area (Å²) >= 11 is 0. The number of ether oxygens (including phenoxy) is 3. The average molecular weight is 777 g/mol. The lowest BCUT2D eigenvalue weighted by molar-refractivity contribution is -0.162. The van der Waals surface area contributed by atoms with Crippen molar-refractivity contribution in [2.75, 3.05) is 19.8 Å². The van der Waals surface area contributed by atoms with Crippen LogP contribution in [0.4, 0.5) is 0 Å². The normalized spacial score (nSPS) is 13.1. The summed E-state index contributed by atoms with van der Waals surface area (Å²) in [5, 5.41) is 0. The minimum atomic E-state index is -0.588. The highest BCUT2D eigenvalue weighted by atomic mass is 16.6. The molecule has 0 saturated heterocycles. The van der Waals surface area contributed by atoms with Crippen molar-refractivity contribution in [2.24, 2.45) is 0 Å². The third kappa shape index (κ3) is 43.5. The lowest BCUT2D eigenvalue weighted by atomic mass is 10.1. The Morgan fingerprint density at radius 3 is 1.38 bits per heavy atom. The molecule has 1 atom stereocenters. The first-order chi connectivity index (χ1) is 27.6. The molecule has 0 radical (unpaired) electrons. The predicted molar refractivity (Wildman–Crippen MR) is 242 cm³/mol. The molecule has 0 amide bonds. The van der Waals surface area contributed by atoms with E-state index < -0.39 is 6.10 Å². The average Bonchev–Trinajstić information content (AvgIpc) is 3.20. The smallest absolute Gasteiger partial charge is 0.306 e. The number of carbonyl (C=O) groups excluding carboxylic acids is 2. The van der Waals surface area contributed by atoms with Gasteiger partial charge in [-0.05, 0) is 96.3 Å². The SMILES string of the molecule is CC/C=C\C/C=C\C/C=C\C/C=C\C/C=C\CCOCC(COC(=O)CCCCCCC/C=C\C/C=C\CCC)OC(=O)CCCCCCC/C=C\CCCC. The molecular formula is C51H84O5. The molecule has 0 aliphatic carbocycles. The number of rotatable bonds is 40. The van der Waals surface area contributed by atoms with E-state index in [0.29, 0.717) is 19.4 Å². The molecule has 0 aromatic rings. The van der Waals surface area contributed by atoms with Crippen LogP contribution < -0.4 is 0 Å². The molecule has 5 heteroatoms. The Labute approximate surface area is 345 Å². The van der Waals surface area contributed by atoms with Crippen molar-refractivity contribution in [3.63, 3.8) is 0 Å². The third-order valence-corrected chi connectivity index (χ3v) is 9.07. The standard InChI is InChI=1S/C51H84O5/c1-4-7-10-13-16-19-22-24-25-26-28-31-34-37-40-43-46-54-47-49(56-51(53)45-42-39-36-33-29-21-18-15-12-9-6-3)48-55-50(52)44-41-38-35-32-30-27-23-20-17-14-11-8-5-2/h7,10-11,14-16,18-20,23-25,28,31,37,40,49H,4-6,8-9,12-13,17,21-22,26-27,29-30,32-36,38-39,41-48H2,1-3H3/b10-7-,14-11-,18-15-,19-16-,23-20-,25-24-,31-28-,40-37-. The molecular weight excluding hydrogens is 693 g/mol. The molecule has 0 aliphatic rings. The van der Waals surface area contributed by atoms with E-state index in [1.165, 1.54) is 51.4 Å². The molecule has 1 unspecified atom stereocenters. The Balaban J connectivity index is 4.42. The van der Waals surface area contributed by atoms with Crippen LogP contribution in [0.2, 0.25) is 0 Å². The van der Waals surface area contributed by atoms with E-state index in [-0.39, 0.29) is 25.2 Å². The molecule has 0 N–H and O–H groups in total. The Kier molecular flexibility index (Phi) is 43.6. The van der Waals surface area contributed by atoms with Gasteiger partial charge in [0.05, 0.1) is 13.2 Å². The van der Waals surface area contributed by atoms with Gasteiger partial charge in [0.2, 0.25) is 0 Å². The summed E-state index contributed by atoms with van der Waals surface area (Å²) in [5.41, 5.74) is 0. The number of carbonyl (C=O) groups is 2. The fourth-order valence-corrected chi connectivity index (χ4v) is 5.71. The van der Waals surface area contributed by atoms with Crippen molar-refractivity contribution in [3.05, 3.63) is 97.2 Å². The van der Waals surface area contributed by atoms with Crippen molar-refractivity contribution < 1.29 is 23.8 Å². The minimum Gasteiger partial charge on any atom is -0.462 e. The van der Waals surface area contributed by atoms with Gasteiger partial charge in [0.25, 0.3) is 0 Å². The number of hydrogen-bond acceptors (Lipinski definition) is 5. The Bertz CT molecular complexity index is 1110. The summed E-state index contributed by atoms with van der Waals surface area (Å²) in [6.07, 6.45) is 61.4. The van der Waals surface area contributed by atoms with Gasteiger partial charge in [-0.2, -0.15) is 0 Å². The maximum atomic E-state index is 12.7. The maximum absolute atomic E-state index is 12.7. The molecule has 5 nitrogen and oxygen atoms in total. The summed E-state index contributed by atoms with van der Waals surface area (Å²) < 4.78 is 17.2. The predicted octanol–water partition coefficient (Wildman–Crippen LogP) is 15.1. The molecule has 0 saturated carbocycles. The van der Waals surface area contributed by atoms with E-state index in [0.717, 1.165) is 103 Å². The van der Waals surface area contributed by atoms with Crippen molar-refractivity contribution >= 4 is 11.9 Å². The molecule has 0 heterocycles. The van der Waals surface area contributed by atoms with Gasteiger partial charge in [0, 0.05) is 12.8 Å². The zero-order valence-corrected chi connectivity index (χ0v) is 36.4. The first-order valence-corrected chi connectivity index (χ1v) is 22.8. The Morgan fingerprint density at radius 2 is 0.839 bits per heavy atom. The quantitative estimate of drug-likeness (QED) is 0.0352. The Hall–Kier alpha value is -3.18. The maximum Gasteiger partial charge on any atom is 0.306 e. The van der Waals surface area contributed by atoms with Crippen molar-refractivity contribution in [1.29, 1.82) is 0 Å². The van der Waals surface area contributed by atoms with Crippen LogP contribution in [-0.4, -0.2) is 37.9 Å². The molecule has 0 aromatic heterocycles. The molecule has 0 rings (SSSR count). The number of unbranched alkanes of at least 4 members (excludes halogenated alkanes) is 13. The van der Waals surface area contributed by atoms with Crippen LogP contribution in [0.3, 0.4) is 0 Å². The van der Waals surface area contributed by atoms with Crippen LogP contribution in [0.25, 0.3) is 0 Å². The van der Waals surface area contributed by atoms with E-state index in [1.54, 1.807) is 0 Å². The molecule has 0 fully saturated rings. The van der Waals surface area contributed by atoms with Gasteiger partial charge in [-0.15, -0.1) is 0 Å². The van der Waals surface area contributed by atoms with Crippen LogP contribution in [0.1, 0.15) is 188 Å². The van der Waals surface area contributed by atoms with Crippen molar-refractivity contribution in [1.82, 2.24) is 0 Å². The van der Waals surface area contributed by atoms with Gasteiger partial charge >= 0.3 is 11.9 Å². The van der Waals surface area contributed by atoms with Crippen LogP contribution in [0, 0.1) is 0 Å². The highest BCUT2D eigenvalue weighted by Crippen LogP contribution is 2.12. The monoisotopic (exact) mass is 777 g/mol. The molecule has 56 heavy (non-hydrogen) atoms. The van der Waals surface area contributed by atoms with Gasteiger partial charge in [0.15, 0.2) is 6.10 Å². The van der Waals surface area contributed by atoms with Gasteiger partial charge in [-0.3, -0.25) is 9.59 Å². The fraction of sp³-hybridized carbons (Fsp3) is 0.647. The van der Waals surface area contributed by atoms with Crippen LogP contribution in [-0.2, 0) is 23.8 Å². The molecule has 0 spiro atoms. The van der Waals surface area contributed by atoms with E-state index in [2.05, 4.69) is 118 Å². The van der Waals surface area contributed by atoms with E-state index in [4.69, 9.17) is 14.2 Å². The largest absolute Gasteiger partial charge is 0.462 e. The van der Waals surface area contributed by atoms with Gasteiger partial charge < -0.3 is 14.2 Å². The molecule has 0 aromatic carbocycles. The second-order valence-electron chi connectivity index (χ2n) is 14.6. The van der Waals surface area contributed by atoms with Gasteiger partial charge in [-0.25, -0.2) is 0 Å². The lowest BCUT2D eigenvalue weighted by Crippen LogP contribution is -2.30. The van der Waals surface area contributed by atoms with Crippen LogP contribution in [0.5, 0.6) is 0 Å². The summed E-state index contributed by atoms with van der Waals surface area (Å²) in [7, 11) is 0. The first kappa shape index (κ1) is 52.8. The zero-order valence-electron chi connectivity index (χ0n) is 36.4. The zero-order chi connectivity index (χ0) is 40.7. The molecule has 318 valence electrons. The fourth-order valence-electron chi connectivity index (χ4n) is 5.71. The van der Waals surface area contributed by atoms with Crippen LogP contribution >= 0.6 is 0 Å². The highest BCUT2D eigenvalue weighted by Gasteiger charge is 2.17. The lowest BCUT2D eigenvalue weighted by Gasteiger charge is -2.18. The summed E-state index contributed by atoms with van der Waals surface area (Å²) in [4.78, 5) is 25.2. The highest BCUT2D eigenvalue weighted by molar-refractivity contribution is 5.70. The molecule has 0 aliphatic heterocycles. The van der Waals surface area contributed by atoms with Crippen molar-refractivity contribution in [3.8, 4) is 0 Å².